The van der Waals surface area contributed by atoms with Crippen molar-refractivity contribution in [1.82, 2.24) is 0 Å². The van der Waals surface area contributed by atoms with Gasteiger partial charge in [0.1, 0.15) is 11.6 Å². The summed E-state index contributed by atoms with van der Waals surface area (Å²) in [7, 11) is 1.60. The summed E-state index contributed by atoms with van der Waals surface area (Å²) in [5.74, 6) is 0.459. The zero-order valence-electron chi connectivity index (χ0n) is 11.6. The van der Waals surface area contributed by atoms with E-state index in [1.165, 1.54) is 12.1 Å². The van der Waals surface area contributed by atoms with Crippen LogP contribution in [0, 0.1) is 12.7 Å². The minimum Gasteiger partial charge on any atom is -0.497 e. The topological polar surface area (TPSA) is 41.5 Å². The Morgan fingerprint density at radius 2 is 1.90 bits per heavy atom. The van der Waals surface area contributed by atoms with Crippen LogP contribution in [-0.2, 0) is 0 Å². The van der Waals surface area contributed by atoms with Crippen LogP contribution in [0.25, 0.3) is 0 Å². The maximum atomic E-state index is 13.2. The molecule has 0 radical (unpaired) electrons. The summed E-state index contributed by atoms with van der Waals surface area (Å²) >= 11 is 0. The van der Waals surface area contributed by atoms with E-state index >= 15 is 0 Å². The molecule has 1 unspecified atom stereocenters. The summed E-state index contributed by atoms with van der Waals surface area (Å²) in [6, 6.07) is 11.9. The number of methoxy groups -OCH3 is 1. The van der Waals surface area contributed by atoms with Crippen LogP contribution in [-0.4, -0.2) is 18.8 Å². The second-order valence-electron chi connectivity index (χ2n) is 4.69. The molecule has 0 spiro atoms. The third-order valence-corrected chi connectivity index (χ3v) is 3.04. The van der Waals surface area contributed by atoms with E-state index in [0.29, 0.717) is 12.2 Å². The van der Waals surface area contributed by atoms with Crippen LogP contribution in [0.4, 0.5) is 10.1 Å². The molecule has 0 saturated heterocycles. The van der Waals surface area contributed by atoms with Crippen molar-refractivity contribution in [3.05, 3.63) is 59.4 Å². The van der Waals surface area contributed by atoms with Gasteiger partial charge in [0.25, 0.3) is 0 Å². The Kier molecular flexibility index (Phi) is 4.58. The number of anilines is 1. The Bertz CT molecular complexity index is 549. The van der Waals surface area contributed by atoms with Gasteiger partial charge in [-0.1, -0.05) is 12.1 Å². The number of aliphatic hydroxyl groups is 1. The summed E-state index contributed by atoms with van der Waals surface area (Å²) in [4.78, 5) is 0. The SMILES string of the molecule is COc1ccc(C(O)CNc2cc(C)cc(F)c2)cc1. The zero-order valence-corrected chi connectivity index (χ0v) is 11.6. The Labute approximate surface area is 118 Å². The van der Waals surface area contributed by atoms with Crippen molar-refractivity contribution in [2.24, 2.45) is 0 Å². The first kappa shape index (κ1) is 14.3. The molecular weight excluding hydrogens is 257 g/mol. The van der Waals surface area contributed by atoms with Crippen molar-refractivity contribution in [3.63, 3.8) is 0 Å². The summed E-state index contributed by atoms with van der Waals surface area (Å²) in [6.45, 7) is 2.14. The number of nitrogens with one attached hydrogen (secondary N) is 1. The van der Waals surface area contributed by atoms with Gasteiger partial charge in [-0.3, -0.25) is 0 Å². The molecule has 0 aliphatic heterocycles. The number of hydrogen-bond donors (Lipinski definition) is 2. The first-order valence-corrected chi connectivity index (χ1v) is 6.41. The van der Waals surface area contributed by atoms with E-state index in [9.17, 15) is 9.50 Å². The van der Waals surface area contributed by atoms with Crippen molar-refractivity contribution in [1.29, 1.82) is 0 Å². The van der Waals surface area contributed by atoms with Crippen LogP contribution in [0.3, 0.4) is 0 Å². The summed E-state index contributed by atoms with van der Waals surface area (Å²) in [6.07, 6.45) is -0.663. The predicted octanol–water partition coefficient (Wildman–Crippen LogP) is 3.29. The number of benzene rings is 2. The predicted molar refractivity (Wildman–Crippen MR) is 77.6 cm³/mol. The Hall–Kier alpha value is -2.07. The molecule has 0 aromatic heterocycles. The summed E-state index contributed by atoms with van der Waals surface area (Å²) in [5.41, 5.74) is 2.29. The molecule has 0 aliphatic carbocycles. The first-order valence-electron chi connectivity index (χ1n) is 6.41. The molecule has 3 nitrogen and oxygen atoms in total. The molecule has 0 bridgehead atoms. The van der Waals surface area contributed by atoms with Gasteiger partial charge in [-0.25, -0.2) is 4.39 Å². The molecule has 2 N–H and O–H groups in total. The lowest BCUT2D eigenvalue weighted by molar-refractivity contribution is 0.191. The molecule has 2 rings (SSSR count). The lowest BCUT2D eigenvalue weighted by Crippen LogP contribution is -2.12. The van der Waals surface area contributed by atoms with Crippen molar-refractivity contribution in [3.8, 4) is 5.75 Å². The van der Waals surface area contributed by atoms with Crippen LogP contribution >= 0.6 is 0 Å². The first-order chi connectivity index (χ1) is 9.58. The van der Waals surface area contributed by atoms with Gasteiger partial charge < -0.3 is 15.2 Å². The monoisotopic (exact) mass is 275 g/mol. The van der Waals surface area contributed by atoms with E-state index in [4.69, 9.17) is 4.74 Å². The highest BCUT2D eigenvalue weighted by Crippen LogP contribution is 2.19. The molecule has 2 aromatic carbocycles. The van der Waals surface area contributed by atoms with Gasteiger partial charge in [0.05, 0.1) is 13.2 Å². The molecular formula is C16H18FNO2. The van der Waals surface area contributed by atoms with Gasteiger partial charge in [0.15, 0.2) is 0 Å². The van der Waals surface area contributed by atoms with Gasteiger partial charge in [-0.2, -0.15) is 0 Å². The summed E-state index contributed by atoms with van der Waals surface area (Å²) in [5, 5.41) is 13.1. The number of rotatable bonds is 5. The minimum absolute atomic E-state index is 0.286. The molecule has 106 valence electrons. The van der Waals surface area contributed by atoms with Crippen LogP contribution in [0.5, 0.6) is 5.75 Å². The number of hydrogen-bond acceptors (Lipinski definition) is 3. The number of halogens is 1. The van der Waals surface area contributed by atoms with Crippen molar-refractivity contribution in [2.75, 3.05) is 19.0 Å². The quantitative estimate of drug-likeness (QED) is 0.879. The number of aryl methyl sites for hydroxylation is 1. The van der Waals surface area contributed by atoms with Crippen LogP contribution in [0.1, 0.15) is 17.2 Å². The fourth-order valence-electron chi connectivity index (χ4n) is 2.00. The molecule has 0 fully saturated rings. The highest BCUT2D eigenvalue weighted by Gasteiger charge is 2.08. The molecule has 0 aliphatic rings. The average Bonchev–Trinajstić information content (AvgIpc) is 2.44. The molecule has 0 saturated carbocycles. The highest BCUT2D eigenvalue weighted by atomic mass is 19.1. The number of aliphatic hydroxyl groups excluding tert-OH is 1. The van der Waals surface area contributed by atoms with Gasteiger partial charge in [-0.05, 0) is 48.4 Å². The van der Waals surface area contributed by atoms with Crippen LogP contribution in [0.2, 0.25) is 0 Å². The third kappa shape index (κ3) is 3.71. The van der Waals surface area contributed by atoms with Gasteiger partial charge in [0, 0.05) is 12.2 Å². The Morgan fingerprint density at radius 3 is 2.50 bits per heavy atom. The van der Waals surface area contributed by atoms with E-state index in [0.717, 1.165) is 16.9 Å². The molecule has 4 heteroatoms. The van der Waals surface area contributed by atoms with E-state index in [1.54, 1.807) is 19.2 Å². The molecule has 0 amide bonds. The molecule has 2 aromatic rings. The van der Waals surface area contributed by atoms with Gasteiger partial charge in [-0.15, -0.1) is 0 Å². The summed E-state index contributed by atoms with van der Waals surface area (Å²) < 4.78 is 18.3. The van der Waals surface area contributed by atoms with Crippen molar-refractivity contribution in [2.45, 2.75) is 13.0 Å². The van der Waals surface area contributed by atoms with Crippen molar-refractivity contribution >= 4 is 5.69 Å². The lowest BCUT2D eigenvalue weighted by Gasteiger charge is -2.14. The van der Waals surface area contributed by atoms with E-state index in [2.05, 4.69) is 5.32 Å². The average molecular weight is 275 g/mol. The largest absolute Gasteiger partial charge is 0.497 e. The Balaban J connectivity index is 1.98. The normalized spacial score (nSPS) is 12.0. The van der Waals surface area contributed by atoms with E-state index < -0.39 is 6.10 Å². The highest BCUT2D eigenvalue weighted by molar-refractivity contribution is 5.46. The van der Waals surface area contributed by atoms with E-state index in [-0.39, 0.29) is 5.82 Å². The second kappa shape index (κ2) is 6.39. The maximum absolute atomic E-state index is 13.2. The zero-order chi connectivity index (χ0) is 14.5. The fourth-order valence-corrected chi connectivity index (χ4v) is 2.00. The maximum Gasteiger partial charge on any atom is 0.125 e. The van der Waals surface area contributed by atoms with E-state index in [1.807, 2.05) is 25.1 Å². The van der Waals surface area contributed by atoms with Crippen molar-refractivity contribution < 1.29 is 14.2 Å². The van der Waals surface area contributed by atoms with Gasteiger partial charge in [0.2, 0.25) is 0 Å². The third-order valence-electron chi connectivity index (χ3n) is 3.04. The van der Waals surface area contributed by atoms with Gasteiger partial charge >= 0.3 is 0 Å². The Morgan fingerprint density at radius 1 is 1.20 bits per heavy atom. The van der Waals surface area contributed by atoms with Crippen LogP contribution in [0.15, 0.2) is 42.5 Å². The lowest BCUT2D eigenvalue weighted by atomic mass is 10.1. The second-order valence-corrected chi connectivity index (χ2v) is 4.69. The standard InChI is InChI=1S/C16H18FNO2/c1-11-7-13(17)9-14(8-11)18-10-16(19)12-3-5-15(20-2)6-4-12/h3-9,16,18-19H,10H2,1-2H3. The van der Waals surface area contributed by atoms with Crippen LogP contribution < -0.4 is 10.1 Å². The minimum atomic E-state index is -0.663. The fraction of sp³-hybridized carbons (Fsp3) is 0.250. The molecule has 1 atom stereocenters. The number of ether oxygens (including phenoxy) is 1. The molecule has 0 heterocycles. The smallest absolute Gasteiger partial charge is 0.125 e. The molecule has 20 heavy (non-hydrogen) atoms.